The highest BCUT2D eigenvalue weighted by molar-refractivity contribution is 5.71. The molecule has 1 aromatic carbocycles. The van der Waals surface area contributed by atoms with Gasteiger partial charge in [0.15, 0.2) is 0 Å². The summed E-state index contributed by atoms with van der Waals surface area (Å²) in [4.78, 5) is 20.8. The molecule has 0 bridgehead atoms. The molecule has 0 aliphatic heterocycles. The highest BCUT2D eigenvalue weighted by Crippen LogP contribution is 2.12. The van der Waals surface area contributed by atoms with Crippen molar-refractivity contribution in [2.45, 2.75) is 19.8 Å². The van der Waals surface area contributed by atoms with Crippen molar-refractivity contribution in [3.8, 4) is 0 Å². The number of hydrogen-bond acceptors (Lipinski definition) is 2. The van der Waals surface area contributed by atoms with Crippen LogP contribution in [0.3, 0.4) is 0 Å². The zero-order valence-electron chi connectivity index (χ0n) is 7.99. The van der Waals surface area contributed by atoms with Crippen molar-refractivity contribution in [2.24, 2.45) is 0 Å². The first-order chi connectivity index (χ1) is 6.63. The van der Waals surface area contributed by atoms with Crippen LogP contribution in [0.5, 0.6) is 0 Å². The molecule has 0 amide bonds. The Balaban J connectivity index is 2.95. The van der Waals surface area contributed by atoms with Crippen molar-refractivity contribution >= 4 is 12.3 Å². The van der Waals surface area contributed by atoms with Crippen molar-refractivity contribution in [2.75, 3.05) is 0 Å². The monoisotopic (exact) mass is 192 g/mol. The van der Waals surface area contributed by atoms with Gasteiger partial charge in [0.25, 0.3) is 0 Å². The van der Waals surface area contributed by atoms with Crippen LogP contribution in [-0.2, 0) is 22.4 Å². The summed E-state index contributed by atoms with van der Waals surface area (Å²) >= 11 is 0. The predicted octanol–water partition coefficient (Wildman–Crippen LogP) is 1.36. The van der Waals surface area contributed by atoms with Crippen molar-refractivity contribution in [1.82, 2.24) is 0 Å². The number of carboxylic acids is 1. The van der Waals surface area contributed by atoms with Crippen LogP contribution < -0.4 is 0 Å². The molecule has 3 nitrogen and oxygen atoms in total. The van der Waals surface area contributed by atoms with Gasteiger partial charge in [0.2, 0.25) is 0 Å². The number of rotatable bonds is 4. The minimum Gasteiger partial charge on any atom is -0.481 e. The summed E-state index contributed by atoms with van der Waals surface area (Å²) in [5, 5.41) is 8.64. The standard InChI is InChI=1S/C11H12O3/c1-8-2-3-9(4-5-12)6-10(8)7-11(13)14/h2-3,5-6H,4,7H2,1H3,(H,13,14). The zero-order chi connectivity index (χ0) is 10.6. The second-order valence-electron chi connectivity index (χ2n) is 3.20. The van der Waals surface area contributed by atoms with Gasteiger partial charge in [-0.25, -0.2) is 0 Å². The van der Waals surface area contributed by atoms with Gasteiger partial charge in [-0.15, -0.1) is 0 Å². The molecule has 0 heterocycles. The van der Waals surface area contributed by atoms with Crippen LogP contribution >= 0.6 is 0 Å². The second-order valence-corrected chi connectivity index (χ2v) is 3.20. The Kier molecular flexibility index (Phi) is 3.40. The molecule has 0 radical (unpaired) electrons. The van der Waals surface area contributed by atoms with Gasteiger partial charge in [-0.3, -0.25) is 4.79 Å². The molecule has 14 heavy (non-hydrogen) atoms. The second kappa shape index (κ2) is 4.56. The van der Waals surface area contributed by atoms with Crippen LogP contribution in [-0.4, -0.2) is 17.4 Å². The van der Waals surface area contributed by atoms with E-state index in [9.17, 15) is 9.59 Å². The highest BCUT2D eigenvalue weighted by atomic mass is 16.4. The molecule has 3 heteroatoms. The lowest BCUT2D eigenvalue weighted by atomic mass is 10.0. The number of aryl methyl sites for hydroxylation is 1. The summed E-state index contributed by atoms with van der Waals surface area (Å²) in [6.45, 7) is 1.86. The Morgan fingerprint density at radius 2 is 2.21 bits per heavy atom. The van der Waals surface area contributed by atoms with Crippen LogP contribution in [0.4, 0.5) is 0 Å². The molecule has 1 N–H and O–H groups in total. The van der Waals surface area contributed by atoms with Crippen LogP contribution in [0.2, 0.25) is 0 Å². The van der Waals surface area contributed by atoms with Crippen molar-refractivity contribution in [3.63, 3.8) is 0 Å². The van der Waals surface area contributed by atoms with E-state index < -0.39 is 5.97 Å². The Bertz CT molecular complexity index is 356. The van der Waals surface area contributed by atoms with Gasteiger partial charge < -0.3 is 9.90 Å². The highest BCUT2D eigenvalue weighted by Gasteiger charge is 2.04. The number of aliphatic carboxylic acids is 1. The minimum absolute atomic E-state index is 0.0124. The Morgan fingerprint density at radius 3 is 2.79 bits per heavy atom. The summed E-state index contributed by atoms with van der Waals surface area (Å²) in [6.07, 6.45) is 1.17. The third-order valence-corrected chi connectivity index (χ3v) is 2.07. The van der Waals surface area contributed by atoms with Crippen LogP contribution in [0.25, 0.3) is 0 Å². The first-order valence-electron chi connectivity index (χ1n) is 4.37. The summed E-state index contributed by atoms with van der Waals surface area (Å²) < 4.78 is 0. The molecule has 1 aromatic rings. The minimum atomic E-state index is -0.851. The first-order valence-corrected chi connectivity index (χ1v) is 4.37. The molecule has 0 fully saturated rings. The quantitative estimate of drug-likeness (QED) is 0.733. The fourth-order valence-electron chi connectivity index (χ4n) is 1.30. The van der Waals surface area contributed by atoms with E-state index in [0.717, 1.165) is 23.0 Å². The molecule has 0 aromatic heterocycles. The SMILES string of the molecule is Cc1ccc(CC=O)cc1CC(=O)O. The Hall–Kier alpha value is -1.64. The zero-order valence-corrected chi connectivity index (χ0v) is 7.99. The average molecular weight is 192 g/mol. The average Bonchev–Trinajstić information content (AvgIpc) is 2.10. The molecule has 0 atom stereocenters. The van der Waals surface area contributed by atoms with Crippen LogP contribution in [0.15, 0.2) is 18.2 Å². The van der Waals surface area contributed by atoms with Gasteiger partial charge in [-0.2, -0.15) is 0 Å². The smallest absolute Gasteiger partial charge is 0.307 e. The summed E-state index contributed by atoms with van der Waals surface area (Å²) in [5.41, 5.74) is 2.58. The summed E-state index contributed by atoms with van der Waals surface area (Å²) in [7, 11) is 0. The van der Waals surface area contributed by atoms with Gasteiger partial charge in [0.1, 0.15) is 6.29 Å². The molecule has 74 valence electrons. The molecule has 0 unspecified atom stereocenters. The van der Waals surface area contributed by atoms with Gasteiger partial charge >= 0.3 is 5.97 Å². The fraction of sp³-hybridized carbons (Fsp3) is 0.273. The third kappa shape index (κ3) is 2.69. The summed E-state index contributed by atoms with van der Waals surface area (Å²) in [6, 6.07) is 5.46. The van der Waals surface area contributed by atoms with Crippen molar-refractivity contribution < 1.29 is 14.7 Å². The van der Waals surface area contributed by atoms with E-state index in [1.54, 1.807) is 6.07 Å². The molecular formula is C11H12O3. The van der Waals surface area contributed by atoms with Crippen LogP contribution in [0, 0.1) is 6.92 Å². The van der Waals surface area contributed by atoms with E-state index in [0.29, 0.717) is 6.42 Å². The van der Waals surface area contributed by atoms with E-state index in [2.05, 4.69) is 0 Å². The topological polar surface area (TPSA) is 54.4 Å². The largest absolute Gasteiger partial charge is 0.481 e. The molecule has 1 rings (SSSR count). The number of carbonyl (C=O) groups excluding carboxylic acids is 1. The van der Waals surface area contributed by atoms with Crippen molar-refractivity contribution in [3.05, 3.63) is 34.9 Å². The molecular weight excluding hydrogens is 180 g/mol. The first kappa shape index (κ1) is 10.4. The van der Waals surface area contributed by atoms with Gasteiger partial charge in [-0.1, -0.05) is 18.2 Å². The van der Waals surface area contributed by atoms with Crippen LogP contribution in [0.1, 0.15) is 16.7 Å². The molecule has 0 aliphatic rings. The predicted molar refractivity (Wildman–Crippen MR) is 52.3 cm³/mol. The lowest BCUT2D eigenvalue weighted by Gasteiger charge is -2.04. The molecule has 0 spiro atoms. The summed E-state index contributed by atoms with van der Waals surface area (Å²) in [5.74, 6) is -0.851. The molecule has 0 aliphatic carbocycles. The number of carboxylic acid groups (broad SMARTS) is 1. The van der Waals surface area contributed by atoms with E-state index >= 15 is 0 Å². The number of benzene rings is 1. The Morgan fingerprint density at radius 1 is 1.50 bits per heavy atom. The normalized spacial score (nSPS) is 9.79. The fourth-order valence-corrected chi connectivity index (χ4v) is 1.30. The van der Waals surface area contributed by atoms with E-state index in [4.69, 9.17) is 5.11 Å². The number of aldehydes is 1. The maximum atomic E-state index is 10.5. The van der Waals surface area contributed by atoms with E-state index in [-0.39, 0.29) is 6.42 Å². The lowest BCUT2D eigenvalue weighted by Crippen LogP contribution is -2.02. The van der Waals surface area contributed by atoms with Gasteiger partial charge in [-0.05, 0) is 23.6 Å². The van der Waals surface area contributed by atoms with E-state index in [1.807, 2.05) is 19.1 Å². The number of hydrogen-bond donors (Lipinski definition) is 1. The van der Waals surface area contributed by atoms with E-state index in [1.165, 1.54) is 0 Å². The maximum absolute atomic E-state index is 10.5. The maximum Gasteiger partial charge on any atom is 0.307 e. The molecule has 0 saturated heterocycles. The van der Waals surface area contributed by atoms with Crippen molar-refractivity contribution in [1.29, 1.82) is 0 Å². The molecule has 0 saturated carbocycles. The van der Waals surface area contributed by atoms with Gasteiger partial charge in [0.05, 0.1) is 6.42 Å². The van der Waals surface area contributed by atoms with Gasteiger partial charge in [0, 0.05) is 6.42 Å². The lowest BCUT2D eigenvalue weighted by molar-refractivity contribution is -0.136. The third-order valence-electron chi connectivity index (χ3n) is 2.07. The number of carbonyl (C=O) groups is 2. The Labute approximate surface area is 82.4 Å².